The summed E-state index contributed by atoms with van der Waals surface area (Å²) in [6, 6.07) is -0.0676. The van der Waals surface area contributed by atoms with Gasteiger partial charge in [-0.3, -0.25) is 4.79 Å². The van der Waals surface area contributed by atoms with Gasteiger partial charge in [0.2, 0.25) is 0 Å². The number of urea groups is 1. The maximum absolute atomic E-state index is 12.4. The van der Waals surface area contributed by atoms with Crippen molar-refractivity contribution in [2.75, 3.05) is 19.8 Å². The van der Waals surface area contributed by atoms with E-state index in [4.69, 9.17) is 9.84 Å². The van der Waals surface area contributed by atoms with Gasteiger partial charge in [0.15, 0.2) is 0 Å². The largest absolute Gasteiger partial charge is 0.481 e. The van der Waals surface area contributed by atoms with Crippen LogP contribution in [0.1, 0.15) is 46.5 Å². The van der Waals surface area contributed by atoms with E-state index < -0.39 is 5.97 Å². The zero-order valence-corrected chi connectivity index (χ0v) is 12.6. The van der Waals surface area contributed by atoms with E-state index >= 15 is 0 Å². The number of carbonyl (C=O) groups is 2. The zero-order chi connectivity index (χ0) is 15.2. The highest BCUT2D eigenvalue weighted by molar-refractivity contribution is 5.75. The van der Waals surface area contributed by atoms with Crippen LogP contribution in [0.25, 0.3) is 0 Å². The van der Waals surface area contributed by atoms with Crippen LogP contribution in [0, 0.1) is 0 Å². The first kappa shape index (κ1) is 16.8. The van der Waals surface area contributed by atoms with Crippen LogP contribution in [-0.2, 0) is 9.53 Å². The summed E-state index contributed by atoms with van der Waals surface area (Å²) in [5.74, 6) is -0.828. The molecule has 1 aliphatic heterocycles. The normalized spacial score (nSPS) is 17.8. The standard InChI is InChI=1S/C14H26N2O4/c1-11(2)16(8-4-5-12(17)18)13(19)15-14(3)6-9-20-10-7-14/h11H,4-10H2,1-3H3,(H,15,19)(H,17,18). The predicted molar refractivity (Wildman–Crippen MR) is 75.7 cm³/mol. The molecule has 0 aromatic rings. The number of rotatable bonds is 6. The molecule has 116 valence electrons. The number of hydrogen-bond donors (Lipinski definition) is 2. The van der Waals surface area contributed by atoms with Gasteiger partial charge in [0.1, 0.15) is 0 Å². The van der Waals surface area contributed by atoms with E-state index in [9.17, 15) is 9.59 Å². The SMILES string of the molecule is CC(C)N(CCCC(=O)O)C(=O)NC1(C)CCOCC1. The predicted octanol–water partition coefficient (Wildman–Crippen LogP) is 1.84. The second-order valence-corrected chi connectivity index (χ2v) is 5.89. The Bertz CT molecular complexity index is 338. The maximum Gasteiger partial charge on any atom is 0.318 e. The lowest BCUT2D eigenvalue weighted by Crippen LogP contribution is -2.55. The lowest BCUT2D eigenvalue weighted by atomic mass is 9.93. The number of nitrogens with zero attached hydrogens (tertiary/aromatic N) is 1. The summed E-state index contributed by atoms with van der Waals surface area (Å²) in [5, 5.41) is 11.7. The minimum atomic E-state index is -0.828. The van der Waals surface area contributed by atoms with E-state index in [0.29, 0.717) is 26.2 Å². The van der Waals surface area contributed by atoms with Gasteiger partial charge in [-0.05, 0) is 40.0 Å². The van der Waals surface area contributed by atoms with Gasteiger partial charge in [-0.25, -0.2) is 4.79 Å². The highest BCUT2D eigenvalue weighted by Gasteiger charge is 2.31. The fourth-order valence-electron chi connectivity index (χ4n) is 2.27. The Morgan fingerprint density at radius 3 is 2.45 bits per heavy atom. The number of nitrogens with one attached hydrogen (secondary N) is 1. The summed E-state index contributed by atoms with van der Waals surface area (Å²) in [7, 11) is 0. The van der Waals surface area contributed by atoms with E-state index in [2.05, 4.69) is 5.32 Å². The Hall–Kier alpha value is -1.30. The average Bonchev–Trinajstić information content (AvgIpc) is 2.33. The quantitative estimate of drug-likeness (QED) is 0.781. The molecule has 20 heavy (non-hydrogen) atoms. The van der Waals surface area contributed by atoms with Gasteiger partial charge in [-0.1, -0.05) is 0 Å². The third kappa shape index (κ3) is 5.36. The van der Waals surface area contributed by atoms with Gasteiger partial charge in [0, 0.05) is 37.8 Å². The minimum Gasteiger partial charge on any atom is -0.481 e. The molecule has 0 atom stereocenters. The second-order valence-electron chi connectivity index (χ2n) is 5.89. The topological polar surface area (TPSA) is 78.9 Å². The highest BCUT2D eigenvalue weighted by atomic mass is 16.5. The number of carbonyl (C=O) groups excluding carboxylic acids is 1. The first-order valence-corrected chi connectivity index (χ1v) is 7.22. The van der Waals surface area contributed by atoms with Crippen LogP contribution in [0.2, 0.25) is 0 Å². The van der Waals surface area contributed by atoms with Gasteiger partial charge in [0.05, 0.1) is 0 Å². The van der Waals surface area contributed by atoms with Crippen LogP contribution in [0.3, 0.4) is 0 Å². The molecule has 1 heterocycles. The monoisotopic (exact) mass is 286 g/mol. The molecule has 1 saturated heterocycles. The molecule has 6 nitrogen and oxygen atoms in total. The molecule has 0 aromatic heterocycles. The van der Waals surface area contributed by atoms with Crippen LogP contribution in [0.5, 0.6) is 0 Å². The molecule has 0 aliphatic carbocycles. The Morgan fingerprint density at radius 2 is 1.95 bits per heavy atom. The Morgan fingerprint density at radius 1 is 1.35 bits per heavy atom. The molecule has 0 radical (unpaired) electrons. The van der Waals surface area contributed by atoms with Gasteiger partial charge >= 0.3 is 12.0 Å². The van der Waals surface area contributed by atoms with Crippen LogP contribution >= 0.6 is 0 Å². The van der Waals surface area contributed by atoms with Crippen molar-refractivity contribution in [3.05, 3.63) is 0 Å². The van der Waals surface area contributed by atoms with Crippen LogP contribution < -0.4 is 5.32 Å². The van der Waals surface area contributed by atoms with Gasteiger partial charge in [0.25, 0.3) is 0 Å². The Balaban J connectivity index is 2.52. The van der Waals surface area contributed by atoms with E-state index in [1.807, 2.05) is 20.8 Å². The average molecular weight is 286 g/mol. The first-order chi connectivity index (χ1) is 9.34. The number of carboxylic acids is 1. The lowest BCUT2D eigenvalue weighted by Gasteiger charge is -2.37. The highest BCUT2D eigenvalue weighted by Crippen LogP contribution is 2.20. The molecule has 0 aromatic carbocycles. The van der Waals surface area contributed by atoms with Crippen LogP contribution in [-0.4, -0.2) is 53.3 Å². The van der Waals surface area contributed by atoms with E-state index in [0.717, 1.165) is 12.8 Å². The van der Waals surface area contributed by atoms with E-state index in [-0.39, 0.29) is 24.0 Å². The van der Waals surface area contributed by atoms with E-state index in [1.165, 1.54) is 0 Å². The van der Waals surface area contributed by atoms with E-state index in [1.54, 1.807) is 4.90 Å². The third-order valence-electron chi connectivity index (χ3n) is 3.68. The number of hydrogen-bond acceptors (Lipinski definition) is 3. The zero-order valence-electron chi connectivity index (χ0n) is 12.6. The van der Waals surface area contributed by atoms with Gasteiger partial charge in [-0.15, -0.1) is 0 Å². The molecular weight excluding hydrogens is 260 g/mol. The van der Waals surface area contributed by atoms with Crippen molar-refractivity contribution >= 4 is 12.0 Å². The summed E-state index contributed by atoms with van der Waals surface area (Å²) in [5.41, 5.74) is -0.227. The fourth-order valence-corrected chi connectivity index (χ4v) is 2.27. The van der Waals surface area contributed by atoms with Crippen molar-refractivity contribution in [2.45, 2.75) is 58.0 Å². The fraction of sp³-hybridized carbons (Fsp3) is 0.857. The molecule has 1 aliphatic rings. The van der Waals surface area contributed by atoms with Crippen LogP contribution in [0.4, 0.5) is 4.79 Å². The molecule has 0 spiro atoms. The molecule has 2 amide bonds. The molecular formula is C14H26N2O4. The van der Waals surface area contributed by atoms with Crippen molar-refractivity contribution in [3.8, 4) is 0 Å². The van der Waals surface area contributed by atoms with Gasteiger partial charge in [-0.2, -0.15) is 0 Å². The molecule has 6 heteroatoms. The molecule has 0 unspecified atom stereocenters. The van der Waals surface area contributed by atoms with Crippen molar-refractivity contribution in [1.29, 1.82) is 0 Å². The van der Waals surface area contributed by atoms with Crippen LogP contribution in [0.15, 0.2) is 0 Å². The summed E-state index contributed by atoms with van der Waals surface area (Å²) in [6.45, 7) is 7.69. The molecule has 0 saturated carbocycles. The molecule has 0 bridgehead atoms. The molecule has 1 rings (SSSR count). The third-order valence-corrected chi connectivity index (χ3v) is 3.68. The first-order valence-electron chi connectivity index (χ1n) is 7.22. The van der Waals surface area contributed by atoms with Crippen molar-refractivity contribution < 1.29 is 19.4 Å². The summed E-state index contributed by atoms with van der Waals surface area (Å²) in [6.07, 6.45) is 2.17. The number of amides is 2. The number of ether oxygens (including phenoxy) is 1. The Kier molecular flexibility index (Phi) is 6.26. The van der Waals surface area contributed by atoms with Crippen molar-refractivity contribution in [3.63, 3.8) is 0 Å². The maximum atomic E-state index is 12.4. The minimum absolute atomic E-state index is 0.0484. The Labute approximate surface area is 120 Å². The smallest absolute Gasteiger partial charge is 0.318 e. The van der Waals surface area contributed by atoms with Crippen molar-refractivity contribution in [1.82, 2.24) is 10.2 Å². The van der Waals surface area contributed by atoms with Crippen molar-refractivity contribution in [2.24, 2.45) is 0 Å². The lowest BCUT2D eigenvalue weighted by molar-refractivity contribution is -0.137. The summed E-state index contributed by atoms with van der Waals surface area (Å²) < 4.78 is 5.32. The summed E-state index contributed by atoms with van der Waals surface area (Å²) in [4.78, 5) is 24.6. The molecule has 1 fully saturated rings. The number of carboxylic acid groups (broad SMARTS) is 1. The molecule has 2 N–H and O–H groups in total. The summed E-state index contributed by atoms with van der Waals surface area (Å²) >= 11 is 0. The second kappa shape index (κ2) is 7.47. The number of aliphatic carboxylic acids is 1. The van der Waals surface area contributed by atoms with Gasteiger partial charge < -0.3 is 20.1 Å².